The van der Waals surface area contributed by atoms with Crippen molar-refractivity contribution in [3.05, 3.63) is 45.1 Å². The molecule has 17 heavy (non-hydrogen) atoms. The van der Waals surface area contributed by atoms with Gasteiger partial charge in [0.1, 0.15) is 0 Å². The van der Waals surface area contributed by atoms with Gasteiger partial charge in [0.25, 0.3) is 0 Å². The van der Waals surface area contributed by atoms with Crippen molar-refractivity contribution in [1.82, 2.24) is 5.43 Å². The second-order valence-electron chi connectivity index (χ2n) is 3.93. The summed E-state index contributed by atoms with van der Waals surface area (Å²) in [6.45, 7) is 0.780. The molecule has 0 spiro atoms. The third-order valence-corrected chi connectivity index (χ3v) is 3.70. The zero-order valence-electron chi connectivity index (χ0n) is 9.25. The van der Waals surface area contributed by atoms with Crippen molar-refractivity contribution >= 4 is 27.5 Å². The zero-order valence-corrected chi connectivity index (χ0v) is 11.6. The van der Waals surface area contributed by atoms with Gasteiger partial charge in [-0.2, -0.15) is 0 Å². The molecule has 92 valence electrons. The highest BCUT2D eigenvalue weighted by molar-refractivity contribution is 9.10. The van der Waals surface area contributed by atoms with Crippen molar-refractivity contribution < 1.29 is 4.74 Å². The number of nitrogens with two attached hydrogens (primary N) is 1. The molecule has 0 amide bonds. The number of ether oxygens (including phenoxy) is 1. The molecule has 3 nitrogen and oxygen atoms in total. The lowest BCUT2D eigenvalue weighted by Crippen LogP contribution is -2.30. The molecule has 1 unspecified atom stereocenters. The number of nitrogens with one attached hydrogen (secondary N) is 1. The normalized spacial score (nSPS) is 17.2. The third kappa shape index (κ3) is 3.01. The van der Waals surface area contributed by atoms with Gasteiger partial charge in [0.15, 0.2) is 0 Å². The fourth-order valence-corrected chi connectivity index (χ4v) is 2.84. The number of rotatable bonds is 3. The van der Waals surface area contributed by atoms with E-state index in [1.165, 1.54) is 0 Å². The van der Waals surface area contributed by atoms with Crippen LogP contribution in [0.3, 0.4) is 0 Å². The molecule has 3 N–H and O–H groups in total. The van der Waals surface area contributed by atoms with E-state index in [2.05, 4.69) is 21.4 Å². The molecule has 1 aromatic carbocycles. The Morgan fingerprint density at radius 1 is 1.47 bits per heavy atom. The monoisotopic (exact) mass is 316 g/mol. The van der Waals surface area contributed by atoms with Crippen LogP contribution in [0.15, 0.2) is 34.5 Å². The molecule has 0 saturated heterocycles. The van der Waals surface area contributed by atoms with Gasteiger partial charge in [-0.3, -0.25) is 5.84 Å². The molecule has 1 aliphatic rings. The van der Waals surface area contributed by atoms with Crippen molar-refractivity contribution in [3.8, 4) is 0 Å². The largest absolute Gasteiger partial charge is 0.501 e. The van der Waals surface area contributed by atoms with Crippen molar-refractivity contribution in [1.29, 1.82) is 0 Å². The van der Waals surface area contributed by atoms with Crippen LogP contribution in [0.25, 0.3) is 0 Å². The van der Waals surface area contributed by atoms with Crippen molar-refractivity contribution in [3.63, 3.8) is 0 Å². The maximum absolute atomic E-state index is 5.93. The van der Waals surface area contributed by atoms with E-state index in [9.17, 15) is 0 Å². The molecule has 1 aliphatic heterocycles. The minimum Gasteiger partial charge on any atom is -0.501 e. The predicted octanol–water partition coefficient (Wildman–Crippen LogP) is 3.30. The van der Waals surface area contributed by atoms with E-state index < -0.39 is 0 Å². The second kappa shape index (κ2) is 5.87. The van der Waals surface area contributed by atoms with E-state index in [1.807, 2.05) is 18.2 Å². The van der Waals surface area contributed by atoms with E-state index in [-0.39, 0.29) is 6.04 Å². The summed E-state index contributed by atoms with van der Waals surface area (Å²) in [5.41, 5.74) is 5.04. The van der Waals surface area contributed by atoms with E-state index in [1.54, 1.807) is 6.26 Å². The van der Waals surface area contributed by atoms with E-state index in [0.717, 1.165) is 35.1 Å². The Hall–Kier alpha value is -0.550. The van der Waals surface area contributed by atoms with Crippen LogP contribution >= 0.6 is 27.5 Å². The van der Waals surface area contributed by atoms with Crippen LogP contribution in [0.1, 0.15) is 24.4 Å². The van der Waals surface area contributed by atoms with Crippen molar-refractivity contribution in [2.75, 3.05) is 6.61 Å². The van der Waals surface area contributed by atoms with Gasteiger partial charge >= 0.3 is 0 Å². The van der Waals surface area contributed by atoms with Crippen LogP contribution in [-0.4, -0.2) is 6.61 Å². The van der Waals surface area contributed by atoms with Gasteiger partial charge in [-0.25, -0.2) is 5.43 Å². The minimum absolute atomic E-state index is 0.0399. The SMILES string of the molecule is NNC(C1=COCCC1)c1ccc(Cl)cc1Br. The van der Waals surface area contributed by atoms with E-state index in [4.69, 9.17) is 22.2 Å². The Labute approximate surface area is 114 Å². The predicted molar refractivity (Wildman–Crippen MR) is 72.5 cm³/mol. The maximum atomic E-state index is 5.93. The van der Waals surface area contributed by atoms with Crippen LogP contribution < -0.4 is 11.3 Å². The number of benzene rings is 1. The molecule has 0 fully saturated rings. The molecule has 0 saturated carbocycles. The van der Waals surface area contributed by atoms with Gasteiger partial charge in [0, 0.05) is 9.50 Å². The fourth-order valence-electron chi connectivity index (χ4n) is 1.93. The summed E-state index contributed by atoms with van der Waals surface area (Å²) < 4.78 is 6.29. The molecule has 1 aromatic rings. The van der Waals surface area contributed by atoms with Gasteiger partial charge < -0.3 is 4.74 Å². The van der Waals surface area contributed by atoms with Crippen LogP contribution in [-0.2, 0) is 4.74 Å². The average molecular weight is 318 g/mol. The Kier molecular flexibility index (Phi) is 4.45. The van der Waals surface area contributed by atoms with Crippen molar-refractivity contribution in [2.45, 2.75) is 18.9 Å². The molecular weight excluding hydrogens is 304 g/mol. The number of halogens is 2. The lowest BCUT2D eigenvalue weighted by Gasteiger charge is -2.23. The van der Waals surface area contributed by atoms with Crippen LogP contribution in [0.2, 0.25) is 5.02 Å². The molecule has 5 heteroatoms. The Morgan fingerprint density at radius 2 is 2.29 bits per heavy atom. The van der Waals surface area contributed by atoms with Gasteiger partial charge in [-0.05, 0) is 36.1 Å². The maximum Gasteiger partial charge on any atom is 0.0876 e. The van der Waals surface area contributed by atoms with Crippen molar-refractivity contribution in [2.24, 2.45) is 5.84 Å². The molecule has 0 aromatic heterocycles. The topological polar surface area (TPSA) is 47.3 Å². The number of hydrazine groups is 1. The van der Waals surface area contributed by atoms with Gasteiger partial charge in [-0.1, -0.05) is 33.6 Å². The summed E-state index contributed by atoms with van der Waals surface area (Å²) in [7, 11) is 0. The highest BCUT2D eigenvalue weighted by Gasteiger charge is 2.20. The Bertz CT molecular complexity index is 437. The first-order valence-corrected chi connectivity index (χ1v) is 6.61. The summed E-state index contributed by atoms with van der Waals surface area (Å²) >= 11 is 9.44. The zero-order chi connectivity index (χ0) is 12.3. The number of hydrogen-bond acceptors (Lipinski definition) is 3. The van der Waals surface area contributed by atoms with Gasteiger partial charge in [0.2, 0.25) is 0 Å². The quantitative estimate of drug-likeness (QED) is 0.664. The van der Waals surface area contributed by atoms with E-state index >= 15 is 0 Å². The summed E-state index contributed by atoms with van der Waals surface area (Å²) in [4.78, 5) is 0. The summed E-state index contributed by atoms with van der Waals surface area (Å²) in [5.74, 6) is 5.64. The lowest BCUT2D eigenvalue weighted by atomic mass is 9.96. The first kappa shape index (κ1) is 12.9. The molecule has 1 atom stereocenters. The van der Waals surface area contributed by atoms with Gasteiger partial charge in [0.05, 0.1) is 18.9 Å². The Balaban J connectivity index is 2.31. The second-order valence-corrected chi connectivity index (χ2v) is 5.22. The molecule has 1 heterocycles. The first-order chi connectivity index (χ1) is 8.22. The van der Waals surface area contributed by atoms with Crippen LogP contribution in [0, 0.1) is 0 Å². The lowest BCUT2D eigenvalue weighted by molar-refractivity contribution is 0.219. The summed E-state index contributed by atoms with van der Waals surface area (Å²) in [6, 6.07) is 5.65. The molecule has 0 aliphatic carbocycles. The standard InChI is InChI=1S/C12H14BrClN2O/c13-11-6-9(14)3-4-10(11)12(16-15)8-2-1-5-17-7-8/h3-4,6-7,12,16H,1-2,5,15H2. The minimum atomic E-state index is -0.0399. The van der Waals surface area contributed by atoms with Crippen LogP contribution in [0.4, 0.5) is 0 Å². The molecule has 2 rings (SSSR count). The molecule has 0 bridgehead atoms. The van der Waals surface area contributed by atoms with Crippen LogP contribution in [0.5, 0.6) is 0 Å². The molecule has 0 radical (unpaired) electrons. The highest BCUT2D eigenvalue weighted by atomic mass is 79.9. The third-order valence-electron chi connectivity index (χ3n) is 2.77. The smallest absolute Gasteiger partial charge is 0.0876 e. The fraction of sp³-hybridized carbons (Fsp3) is 0.333. The summed E-state index contributed by atoms with van der Waals surface area (Å²) in [5, 5.41) is 0.699. The first-order valence-electron chi connectivity index (χ1n) is 5.44. The Morgan fingerprint density at radius 3 is 2.88 bits per heavy atom. The molecular formula is C12H14BrClN2O. The summed E-state index contributed by atoms with van der Waals surface area (Å²) in [6.07, 6.45) is 3.81. The number of hydrogen-bond donors (Lipinski definition) is 2. The van der Waals surface area contributed by atoms with E-state index in [0.29, 0.717) is 5.02 Å². The highest BCUT2D eigenvalue weighted by Crippen LogP contribution is 2.33. The van der Waals surface area contributed by atoms with Gasteiger partial charge in [-0.15, -0.1) is 0 Å². The average Bonchev–Trinajstić information content (AvgIpc) is 2.34.